The quantitative estimate of drug-likeness (QED) is 0.809. The molecule has 0 aliphatic heterocycles. The van der Waals surface area contributed by atoms with E-state index in [-0.39, 0.29) is 11.6 Å². The fourth-order valence-corrected chi connectivity index (χ4v) is 1.32. The van der Waals surface area contributed by atoms with Gasteiger partial charge in [-0.3, -0.25) is 0 Å². The Morgan fingerprint density at radius 3 is 2.80 bits per heavy atom. The molecule has 0 atom stereocenters. The first kappa shape index (κ1) is 12.4. The average molecular weight is 278 g/mol. The summed E-state index contributed by atoms with van der Waals surface area (Å²) < 4.78 is 24.2. The Hall–Kier alpha value is -0.650. The van der Waals surface area contributed by atoms with Crippen LogP contribution in [0.5, 0.6) is 5.75 Å². The fraction of sp³-hybridized carbons (Fsp3) is 0.400. The van der Waals surface area contributed by atoms with Gasteiger partial charge in [-0.05, 0) is 18.2 Å². The predicted molar refractivity (Wildman–Crippen MR) is 59.5 cm³/mol. The number of halogens is 2. The zero-order chi connectivity index (χ0) is 11.1. The molecule has 1 rings (SSSR count). The third-order valence-corrected chi connectivity index (χ3v) is 2.13. The number of hydrogen-bond acceptors (Lipinski definition) is 3. The van der Waals surface area contributed by atoms with Gasteiger partial charge in [0.25, 0.3) is 0 Å². The van der Waals surface area contributed by atoms with Crippen molar-refractivity contribution in [3.05, 3.63) is 28.5 Å². The Bertz CT molecular complexity index is 309. The Morgan fingerprint density at radius 1 is 1.27 bits per heavy atom. The van der Waals surface area contributed by atoms with Gasteiger partial charge in [0.05, 0.1) is 13.2 Å². The Labute approximate surface area is 96.5 Å². The second-order valence-electron chi connectivity index (χ2n) is 2.82. The Morgan fingerprint density at radius 2 is 2.07 bits per heavy atom. The number of nitrogens with two attached hydrogens (primary N) is 1. The molecule has 0 heterocycles. The first-order valence-electron chi connectivity index (χ1n) is 4.59. The van der Waals surface area contributed by atoms with Crippen molar-refractivity contribution in [1.29, 1.82) is 0 Å². The van der Waals surface area contributed by atoms with Crippen molar-refractivity contribution in [3.8, 4) is 5.75 Å². The van der Waals surface area contributed by atoms with Crippen LogP contribution in [0.4, 0.5) is 4.39 Å². The molecule has 0 amide bonds. The standard InChI is InChI=1S/C10H13BrFNO2/c11-8-1-2-9(12)10(7-8)15-6-5-14-4-3-13/h1-2,7H,3-6,13H2. The molecule has 15 heavy (non-hydrogen) atoms. The smallest absolute Gasteiger partial charge is 0.165 e. The molecule has 0 aliphatic carbocycles. The molecule has 0 bridgehead atoms. The van der Waals surface area contributed by atoms with E-state index in [1.54, 1.807) is 12.1 Å². The molecule has 0 fully saturated rings. The molecule has 5 heteroatoms. The van der Waals surface area contributed by atoms with Gasteiger partial charge in [-0.25, -0.2) is 4.39 Å². The Balaban J connectivity index is 2.33. The Kier molecular flexibility index (Phi) is 5.60. The highest BCUT2D eigenvalue weighted by Gasteiger charge is 2.03. The molecule has 0 unspecified atom stereocenters. The summed E-state index contributed by atoms with van der Waals surface area (Å²) in [4.78, 5) is 0. The van der Waals surface area contributed by atoms with E-state index in [0.29, 0.717) is 26.4 Å². The molecule has 0 aromatic heterocycles. The average Bonchev–Trinajstić information content (AvgIpc) is 2.23. The van der Waals surface area contributed by atoms with E-state index in [4.69, 9.17) is 15.2 Å². The third kappa shape index (κ3) is 4.59. The van der Waals surface area contributed by atoms with Gasteiger partial charge in [-0.15, -0.1) is 0 Å². The van der Waals surface area contributed by atoms with Crippen LogP contribution in [0, 0.1) is 5.82 Å². The van der Waals surface area contributed by atoms with E-state index in [0.717, 1.165) is 4.47 Å². The number of benzene rings is 1. The van der Waals surface area contributed by atoms with Gasteiger partial charge in [0.1, 0.15) is 6.61 Å². The second-order valence-corrected chi connectivity index (χ2v) is 3.74. The van der Waals surface area contributed by atoms with Crippen LogP contribution in [0.1, 0.15) is 0 Å². The molecule has 0 radical (unpaired) electrons. The number of hydrogen-bond donors (Lipinski definition) is 1. The second kappa shape index (κ2) is 6.76. The van der Waals surface area contributed by atoms with Crippen LogP contribution >= 0.6 is 15.9 Å². The fourth-order valence-electron chi connectivity index (χ4n) is 0.984. The largest absolute Gasteiger partial charge is 0.488 e. The van der Waals surface area contributed by atoms with Gasteiger partial charge >= 0.3 is 0 Å². The first-order valence-corrected chi connectivity index (χ1v) is 5.39. The van der Waals surface area contributed by atoms with Crippen LogP contribution in [-0.4, -0.2) is 26.4 Å². The summed E-state index contributed by atoms with van der Waals surface area (Å²) >= 11 is 3.24. The van der Waals surface area contributed by atoms with Crippen LogP contribution < -0.4 is 10.5 Å². The minimum absolute atomic E-state index is 0.223. The van der Waals surface area contributed by atoms with Crippen LogP contribution in [0.2, 0.25) is 0 Å². The molecular weight excluding hydrogens is 265 g/mol. The predicted octanol–water partition coefficient (Wildman–Crippen LogP) is 1.94. The van der Waals surface area contributed by atoms with E-state index in [9.17, 15) is 4.39 Å². The summed E-state index contributed by atoms with van der Waals surface area (Å²) in [5.74, 6) is -0.155. The van der Waals surface area contributed by atoms with Crippen LogP contribution in [0.25, 0.3) is 0 Å². The van der Waals surface area contributed by atoms with Gasteiger partial charge < -0.3 is 15.2 Å². The highest BCUT2D eigenvalue weighted by molar-refractivity contribution is 9.10. The maximum atomic E-state index is 13.1. The van der Waals surface area contributed by atoms with Gasteiger partial charge in [-0.1, -0.05) is 15.9 Å². The third-order valence-electron chi connectivity index (χ3n) is 1.64. The lowest BCUT2D eigenvalue weighted by molar-refractivity contribution is 0.104. The molecule has 1 aromatic carbocycles. The minimum atomic E-state index is -0.378. The molecule has 3 nitrogen and oxygen atoms in total. The first-order chi connectivity index (χ1) is 7.24. The molecule has 0 aliphatic rings. The SMILES string of the molecule is NCCOCCOc1cc(Br)ccc1F. The summed E-state index contributed by atoms with van der Waals surface area (Å²) in [6.07, 6.45) is 0. The molecular formula is C10H13BrFNO2. The monoisotopic (exact) mass is 277 g/mol. The highest BCUT2D eigenvalue weighted by Crippen LogP contribution is 2.21. The normalized spacial score (nSPS) is 10.3. The van der Waals surface area contributed by atoms with Crippen molar-refractivity contribution >= 4 is 15.9 Å². The molecule has 0 saturated carbocycles. The number of ether oxygens (including phenoxy) is 2. The van der Waals surface area contributed by atoms with E-state index in [2.05, 4.69) is 15.9 Å². The number of rotatable bonds is 6. The zero-order valence-corrected chi connectivity index (χ0v) is 9.80. The van der Waals surface area contributed by atoms with E-state index >= 15 is 0 Å². The van der Waals surface area contributed by atoms with Crippen molar-refractivity contribution in [1.82, 2.24) is 0 Å². The van der Waals surface area contributed by atoms with E-state index in [1.807, 2.05) is 0 Å². The molecule has 0 spiro atoms. The van der Waals surface area contributed by atoms with Gasteiger partial charge in [0, 0.05) is 11.0 Å². The maximum Gasteiger partial charge on any atom is 0.165 e. The summed E-state index contributed by atoms with van der Waals surface area (Å²) in [6, 6.07) is 4.55. The van der Waals surface area contributed by atoms with Crippen molar-refractivity contribution in [2.24, 2.45) is 5.73 Å². The lowest BCUT2D eigenvalue weighted by Crippen LogP contribution is -2.13. The summed E-state index contributed by atoms with van der Waals surface area (Å²) in [5.41, 5.74) is 5.23. The molecule has 0 saturated heterocycles. The van der Waals surface area contributed by atoms with E-state index in [1.165, 1.54) is 6.07 Å². The van der Waals surface area contributed by atoms with Crippen LogP contribution in [0.15, 0.2) is 22.7 Å². The molecule has 84 valence electrons. The van der Waals surface area contributed by atoms with Gasteiger partial charge in [0.2, 0.25) is 0 Å². The summed E-state index contributed by atoms with van der Waals surface area (Å²) in [7, 11) is 0. The zero-order valence-electron chi connectivity index (χ0n) is 8.21. The summed E-state index contributed by atoms with van der Waals surface area (Å²) in [5, 5.41) is 0. The van der Waals surface area contributed by atoms with Crippen LogP contribution in [0.3, 0.4) is 0 Å². The van der Waals surface area contributed by atoms with Crippen molar-refractivity contribution in [2.45, 2.75) is 0 Å². The lowest BCUT2D eigenvalue weighted by atomic mass is 10.3. The van der Waals surface area contributed by atoms with Gasteiger partial charge in [0.15, 0.2) is 11.6 Å². The molecule has 2 N–H and O–H groups in total. The lowest BCUT2D eigenvalue weighted by Gasteiger charge is -2.07. The van der Waals surface area contributed by atoms with Crippen molar-refractivity contribution in [3.63, 3.8) is 0 Å². The van der Waals surface area contributed by atoms with Gasteiger partial charge in [-0.2, -0.15) is 0 Å². The topological polar surface area (TPSA) is 44.5 Å². The van der Waals surface area contributed by atoms with Crippen LogP contribution in [-0.2, 0) is 4.74 Å². The maximum absolute atomic E-state index is 13.1. The highest BCUT2D eigenvalue weighted by atomic mass is 79.9. The van der Waals surface area contributed by atoms with E-state index < -0.39 is 0 Å². The molecule has 1 aromatic rings. The minimum Gasteiger partial charge on any atom is -0.488 e. The van der Waals surface area contributed by atoms with Crippen molar-refractivity contribution in [2.75, 3.05) is 26.4 Å². The summed E-state index contributed by atoms with van der Waals surface area (Å²) in [6.45, 7) is 1.69. The van der Waals surface area contributed by atoms with Crippen molar-refractivity contribution < 1.29 is 13.9 Å².